The summed E-state index contributed by atoms with van der Waals surface area (Å²) in [7, 11) is 1.80. The van der Waals surface area contributed by atoms with Gasteiger partial charge >= 0.3 is 0 Å². The molecule has 1 aromatic rings. The number of carbonyl (C=O) groups excluding carboxylic acids is 1. The molecule has 0 spiro atoms. The Labute approximate surface area is 142 Å². The minimum absolute atomic E-state index is 0.108. The first-order valence-electron chi connectivity index (χ1n) is 7.72. The highest BCUT2D eigenvalue weighted by Gasteiger charge is 2.50. The largest absolute Gasteiger partial charge is 0.336 e. The van der Waals surface area contributed by atoms with Gasteiger partial charge in [0.15, 0.2) is 5.11 Å². The molecule has 118 valence electrons. The highest BCUT2D eigenvalue weighted by atomic mass is 32.2. The molecule has 22 heavy (non-hydrogen) atoms. The lowest BCUT2D eigenvalue weighted by molar-refractivity contribution is -0.139. The van der Waals surface area contributed by atoms with Crippen molar-refractivity contribution in [3.05, 3.63) is 35.9 Å². The van der Waals surface area contributed by atoms with E-state index in [9.17, 15) is 4.79 Å². The van der Waals surface area contributed by atoms with Gasteiger partial charge in [-0.2, -0.15) is 0 Å². The monoisotopic (exact) mass is 334 g/mol. The quantitative estimate of drug-likeness (QED) is 0.731. The Balaban J connectivity index is 1.94. The van der Waals surface area contributed by atoms with Gasteiger partial charge in [0.25, 0.3) is 0 Å². The fourth-order valence-corrected chi connectivity index (χ4v) is 5.42. The maximum Gasteiger partial charge on any atom is 0.237 e. The molecule has 1 aromatic carbocycles. The van der Waals surface area contributed by atoms with Crippen molar-refractivity contribution in [1.29, 1.82) is 0 Å². The number of amides is 1. The standard InChI is InChI=1S/C17H22N2OS2/c1-17(2)14(20)18(3)16(21)19-11-7-10-13(22-15(17)19)12-8-5-4-6-9-12/h4-6,8-9,13,15H,7,10-11H2,1-3H3/t13-,15-/m0/s1. The molecule has 2 aliphatic rings. The van der Waals surface area contributed by atoms with Gasteiger partial charge in [-0.05, 0) is 44.5 Å². The second-order valence-corrected chi connectivity index (χ2v) is 8.24. The van der Waals surface area contributed by atoms with Gasteiger partial charge in [-0.3, -0.25) is 9.69 Å². The van der Waals surface area contributed by atoms with E-state index in [0.29, 0.717) is 10.4 Å². The predicted octanol–water partition coefficient (Wildman–Crippen LogP) is 3.67. The first-order chi connectivity index (χ1) is 10.4. The van der Waals surface area contributed by atoms with Crippen LogP contribution in [0.3, 0.4) is 0 Å². The lowest BCUT2D eigenvalue weighted by Gasteiger charge is -2.49. The number of rotatable bonds is 1. The summed E-state index contributed by atoms with van der Waals surface area (Å²) in [6, 6.07) is 10.6. The molecule has 2 heterocycles. The minimum atomic E-state index is -0.431. The zero-order valence-corrected chi connectivity index (χ0v) is 14.9. The van der Waals surface area contributed by atoms with E-state index < -0.39 is 5.41 Å². The maximum absolute atomic E-state index is 12.7. The molecule has 0 saturated carbocycles. The van der Waals surface area contributed by atoms with Crippen LogP contribution in [0.25, 0.3) is 0 Å². The number of hydrogen-bond acceptors (Lipinski definition) is 3. The van der Waals surface area contributed by atoms with Gasteiger partial charge in [0, 0.05) is 18.8 Å². The molecule has 2 fully saturated rings. The summed E-state index contributed by atoms with van der Waals surface area (Å²) in [4.78, 5) is 16.6. The molecule has 3 rings (SSSR count). The van der Waals surface area contributed by atoms with Crippen molar-refractivity contribution >= 4 is 35.0 Å². The average Bonchev–Trinajstić information content (AvgIpc) is 2.76. The van der Waals surface area contributed by atoms with Crippen LogP contribution in [0.15, 0.2) is 30.3 Å². The summed E-state index contributed by atoms with van der Waals surface area (Å²) in [5, 5.41) is 1.21. The van der Waals surface area contributed by atoms with E-state index >= 15 is 0 Å². The predicted molar refractivity (Wildman–Crippen MR) is 95.7 cm³/mol. The van der Waals surface area contributed by atoms with E-state index in [-0.39, 0.29) is 11.3 Å². The van der Waals surface area contributed by atoms with E-state index in [1.807, 2.05) is 25.6 Å². The summed E-state index contributed by atoms with van der Waals surface area (Å²) in [6.45, 7) is 5.03. The molecular weight excluding hydrogens is 312 g/mol. The fraction of sp³-hybridized carbons (Fsp3) is 0.529. The van der Waals surface area contributed by atoms with Gasteiger partial charge in [0.2, 0.25) is 5.91 Å². The fourth-order valence-electron chi connectivity index (χ4n) is 3.35. The van der Waals surface area contributed by atoms with Gasteiger partial charge in [-0.1, -0.05) is 30.3 Å². The van der Waals surface area contributed by atoms with Crippen molar-refractivity contribution in [2.24, 2.45) is 5.41 Å². The molecule has 0 bridgehead atoms. The highest BCUT2D eigenvalue weighted by Crippen LogP contribution is 2.48. The second kappa shape index (κ2) is 5.85. The second-order valence-electron chi connectivity index (χ2n) is 6.59. The highest BCUT2D eigenvalue weighted by molar-refractivity contribution is 8.00. The van der Waals surface area contributed by atoms with E-state index in [1.165, 1.54) is 5.56 Å². The van der Waals surface area contributed by atoms with Gasteiger partial charge in [0.05, 0.1) is 10.8 Å². The van der Waals surface area contributed by atoms with Crippen molar-refractivity contribution in [3.8, 4) is 0 Å². The topological polar surface area (TPSA) is 23.6 Å². The summed E-state index contributed by atoms with van der Waals surface area (Å²) >= 11 is 7.44. The van der Waals surface area contributed by atoms with E-state index in [2.05, 4.69) is 35.2 Å². The van der Waals surface area contributed by atoms with E-state index in [1.54, 1.807) is 11.9 Å². The van der Waals surface area contributed by atoms with Gasteiger partial charge < -0.3 is 4.90 Å². The Kier molecular flexibility index (Phi) is 4.21. The third kappa shape index (κ3) is 2.54. The summed E-state index contributed by atoms with van der Waals surface area (Å²) < 4.78 is 0. The van der Waals surface area contributed by atoms with Crippen LogP contribution in [0.1, 0.15) is 37.5 Å². The Hall–Kier alpha value is -1.07. The van der Waals surface area contributed by atoms with Crippen LogP contribution in [0.5, 0.6) is 0 Å². The molecule has 0 aromatic heterocycles. The van der Waals surface area contributed by atoms with Crippen LogP contribution < -0.4 is 0 Å². The number of thioether (sulfide) groups is 1. The van der Waals surface area contributed by atoms with Crippen LogP contribution in [0.2, 0.25) is 0 Å². The lowest BCUT2D eigenvalue weighted by atomic mass is 9.88. The van der Waals surface area contributed by atoms with Gasteiger partial charge in [-0.25, -0.2) is 0 Å². The molecular formula is C17H22N2OS2. The molecule has 0 radical (unpaired) electrons. The number of thiocarbonyl (C=S) groups is 1. The number of benzene rings is 1. The molecule has 3 nitrogen and oxygen atoms in total. The molecule has 1 amide bonds. The van der Waals surface area contributed by atoms with Crippen molar-refractivity contribution in [2.75, 3.05) is 13.6 Å². The van der Waals surface area contributed by atoms with Crippen molar-refractivity contribution < 1.29 is 4.79 Å². The zero-order chi connectivity index (χ0) is 15.9. The SMILES string of the molecule is CN1C(=O)C(C)(C)[C@@H]2S[C@H](c3ccccc3)CCCN2C1=S. The Bertz CT molecular complexity index is 588. The first-order valence-corrected chi connectivity index (χ1v) is 9.07. The normalized spacial score (nSPS) is 28.3. The van der Waals surface area contributed by atoms with Crippen LogP contribution in [0.4, 0.5) is 0 Å². The van der Waals surface area contributed by atoms with E-state index in [0.717, 1.165) is 19.4 Å². The number of fused-ring (bicyclic) bond motifs is 1. The smallest absolute Gasteiger partial charge is 0.237 e. The van der Waals surface area contributed by atoms with Crippen LogP contribution in [-0.4, -0.2) is 39.8 Å². The molecule has 0 N–H and O–H groups in total. The third-order valence-electron chi connectivity index (χ3n) is 4.62. The number of carbonyl (C=O) groups is 1. The third-order valence-corrected chi connectivity index (χ3v) is 7.07. The summed E-state index contributed by atoms with van der Waals surface area (Å²) in [5.74, 6) is 0.125. The molecule has 5 heteroatoms. The average molecular weight is 335 g/mol. The molecule has 2 atom stereocenters. The van der Waals surface area contributed by atoms with E-state index in [4.69, 9.17) is 12.2 Å². The van der Waals surface area contributed by atoms with Crippen molar-refractivity contribution in [1.82, 2.24) is 9.80 Å². The Morgan fingerprint density at radius 2 is 1.95 bits per heavy atom. The Morgan fingerprint density at radius 1 is 1.27 bits per heavy atom. The zero-order valence-electron chi connectivity index (χ0n) is 13.3. The lowest BCUT2D eigenvalue weighted by Crippen LogP contribution is -2.63. The first kappa shape index (κ1) is 15.8. The molecule has 2 saturated heterocycles. The van der Waals surface area contributed by atoms with Crippen molar-refractivity contribution in [3.63, 3.8) is 0 Å². The molecule has 0 unspecified atom stereocenters. The van der Waals surface area contributed by atoms with Crippen molar-refractivity contribution in [2.45, 2.75) is 37.3 Å². The summed E-state index contributed by atoms with van der Waals surface area (Å²) in [5.41, 5.74) is 0.918. The van der Waals surface area contributed by atoms with Crippen LogP contribution >= 0.6 is 24.0 Å². The van der Waals surface area contributed by atoms with Gasteiger partial charge in [-0.15, -0.1) is 11.8 Å². The van der Waals surface area contributed by atoms with Crippen LogP contribution in [-0.2, 0) is 4.79 Å². The minimum Gasteiger partial charge on any atom is -0.336 e. The van der Waals surface area contributed by atoms with Crippen LogP contribution in [0, 0.1) is 5.41 Å². The number of nitrogens with zero attached hydrogens (tertiary/aromatic N) is 2. The van der Waals surface area contributed by atoms with Gasteiger partial charge in [0.1, 0.15) is 0 Å². The maximum atomic E-state index is 12.7. The summed E-state index contributed by atoms with van der Waals surface area (Å²) in [6.07, 6.45) is 2.22. The number of hydrogen-bond donors (Lipinski definition) is 0. The molecule has 0 aliphatic carbocycles. The Morgan fingerprint density at radius 3 is 2.64 bits per heavy atom. The molecule has 2 aliphatic heterocycles.